The summed E-state index contributed by atoms with van der Waals surface area (Å²) in [5, 5.41) is 0. The Balaban J connectivity index is 1.58. The number of hydrogen-bond acceptors (Lipinski definition) is 4. The lowest BCUT2D eigenvalue weighted by Gasteiger charge is -2.26. The molecule has 1 saturated heterocycles. The van der Waals surface area contributed by atoms with E-state index in [1.54, 1.807) is 0 Å². The minimum absolute atomic E-state index is 0.109. The zero-order chi connectivity index (χ0) is 17.5. The number of benzene rings is 2. The van der Waals surface area contributed by atoms with E-state index in [1.165, 1.54) is 0 Å². The van der Waals surface area contributed by atoms with Crippen molar-refractivity contribution in [3.8, 4) is 5.75 Å². The Morgan fingerprint density at radius 1 is 1.12 bits per heavy atom. The topological polar surface area (TPSA) is 38.8 Å². The summed E-state index contributed by atoms with van der Waals surface area (Å²) in [6, 6.07) is 18.5. The van der Waals surface area contributed by atoms with Gasteiger partial charge >= 0.3 is 5.97 Å². The van der Waals surface area contributed by atoms with Crippen molar-refractivity contribution in [2.45, 2.75) is 38.8 Å². The average Bonchev–Trinajstić information content (AvgIpc) is 3.09. The van der Waals surface area contributed by atoms with Gasteiger partial charge in [0.1, 0.15) is 12.4 Å². The van der Waals surface area contributed by atoms with Crippen molar-refractivity contribution in [2.24, 2.45) is 0 Å². The van der Waals surface area contributed by atoms with Crippen LogP contribution in [0.15, 0.2) is 54.6 Å². The Morgan fingerprint density at radius 2 is 1.88 bits per heavy atom. The van der Waals surface area contributed by atoms with Gasteiger partial charge in [0, 0.05) is 18.3 Å². The van der Waals surface area contributed by atoms with Gasteiger partial charge in [0.15, 0.2) is 0 Å². The second-order valence-electron chi connectivity index (χ2n) is 6.27. The number of esters is 1. The van der Waals surface area contributed by atoms with E-state index in [1.807, 2.05) is 37.3 Å². The van der Waals surface area contributed by atoms with Crippen LogP contribution in [0.25, 0.3) is 0 Å². The Hall–Kier alpha value is -2.49. The number of hydrogen-bond donors (Lipinski definition) is 0. The van der Waals surface area contributed by atoms with Crippen LogP contribution < -0.4 is 9.64 Å². The van der Waals surface area contributed by atoms with Crippen molar-refractivity contribution >= 4 is 11.7 Å². The second kappa shape index (κ2) is 8.56. The normalized spacial score (nSPS) is 16.7. The molecule has 1 atom stereocenters. The van der Waals surface area contributed by atoms with Crippen molar-refractivity contribution in [1.29, 1.82) is 0 Å². The van der Waals surface area contributed by atoms with Gasteiger partial charge < -0.3 is 14.4 Å². The van der Waals surface area contributed by atoms with Gasteiger partial charge in [0.05, 0.1) is 13.0 Å². The van der Waals surface area contributed by atoms with E-state index in [4.69, 9.17) is 9.47 Å². The van der Waals surface area contributed by atoms with E-state index < -0.39 is 0 Å². The first-order valence-electron chi connectivity index (χ1n) is 8.95. The summed E-state index contributed by atoms with van der Waals surface area (Å²) in [4.78, 5) is 14.1. The summed E-state index contributed by atoms with van der Waals surface area (Å²) >= 11 is 0. The summed E-state index contributed by atoms with van der Waals surface area (Å²) < 4.78 is 10.9. The standard InChI is InChI=1S/C21H25NO3/c1-2-24-21(23)15-19-9-6-14-22(19)18-10-12-20(13-11-18)25-16-17-7-4-3-5-8-17/h3-5,7-8,10-13,19H,2,6,9,14-16H2,1H3/t19-/m0/s1. The SMILES string of the molecule is CCOC(=O)C[C@@H]1CCCN1c1ccc(OCc2ccccc2)cc1. The number of ether oxygens (including phenoxy) is 2. The maximum absolute atomic E-state index is 11.8. The second-order valence-corrected chi connectivity index (χ2v) is 6.27. The molecule has 0 spiro atoms. The molecule has 25 heavy (non-hydrogen) atoms. The number of anilines is 1. The van der Waals surface area contributed by atoms with E-state index in [2.05, 4.69) is 29.2 Å². The Kier molecular flexibility index (Phi) is 5.94. The van der Waals surface area contributed by atoms with Crippen molar-refractivity contribution < 1.29 is 14.3 Å². The highest BCUT2D eigenvalue weighted by molar-refractivity contribution is 5.71. The molecule has 1 aliphatic rings. The van der Waals surface area contributed by atoms with Gasteiger partial charge in [0.25, 0.3) is 0 Å². The van der Waals surface area contributed by atoms with Gasteiger partial charge in [0.2, 0.25) is 0 Å². The highest BCUT2D eigenvalue weighted by atomic mass is 16.5. The molecule has 1 aliphatic heterocycles. The Labute approximate surface area is 149 Å². The molecule has 3 rings (SSSR count). The molecule has 132 valence electrons. The van der Waals surface area contributed by atoms with Crippen LogP contribution in [-0.2, 0) is 16.1 Å². The maximum atomic E-state index is 11.8. The quantitative estimate of drug-likeness (QED) is 0.709. The van der Waals surface area contributed by atoms with Gasteiger partial charge in [-0.1, -0.05) is 30.3 Å². The van der Waals surface area contributed by atoms with Gasteiger partial charge in [-0.2, -0.15) is 0 Å². The highest BCUT2D eigenvalue weighted by Gasteiger charge is 2.27. The number of nitrogens with zero attached hydrogens (tertiary/aromatic N) is 1. The molecule has 1 heterocycles. The minimum Gasteiger partial charge on any atom is -0.489 e. The largest absolute Gasteiger partial charge is 0.489 e. The molecule has 0 N–H and O–H groups in total. The van der Waals surface area contributed by atoms with Crippen molar-refractivity contribution in [3.05, 3.63) is 60.2 Å². The van der Waals surface area contributed by atoms with E-state index in [-0.39, 0.29) is 12.0 Å². The van der Waals surface area contributed by atoms with Crippen LogP contribution in [0.2, 0.25) is 0 Å². The molecule has 0 unspecified atom stereocenters. The van der Waals surface area contributed by atoms with E-state index in [0.29, 0.717) is 19.6 Å². The van der Waals surface area contributed by atoms with E-state index in [0.717, 1.165) is 36.4 Å². The molecule has 0 aromatic heterocycles. The smallest absolute Gasteiger partial charge is 0.307 e. The fourth-order valence-electron chi connectivity index (χ4n) is 3.27. The van der Waals surface area contributed by atoms with Crippen LogP contribution in [0.3, 0.4) is 0 Å². The first kappa shape index (κ1) is 17.3. The zero-order valence-corrected chi connectivity index (χ0v) is 14.7. The summed E-state index contributed by atoms with van der Waals surface area (Å²) in [7, 11) is 0. The van der Waals surface area contributed by atoms with E-state index in [9.17, 15) is 4.79 Å². The van der Waals surface area contributed by atoms with Crippen LogP contribution in [0.1, 0.15) is 31.7 Å². The molecule has 0 radical (unpaired) electrons. The third-order valence-corrected chi connectivity index (χ3v) is 4.50. The van der Waals surface area contributed by atoms with Gasteiger partial charge in [-0.3, -0.25) is 4.79 Å². The fourth-order valence-corrected chi connectivity index (χ4v) is 3.27. The lowest BCUT2D eigenvalue weighted by molar-refractivity contribution is -0.143. The zero-order valence-electron chi connectivity index (χ0n) is 14.7. The van der Waals surface area contributed by atoms with Crippen LogP contribution >= 0.6 is 0 Å². The predicted molar refractivity (Wildman–Crippen MR) is 98.8 cm³/mol. The summed E-state index contributed by atoms with van der Waals surface area (Å²) in [6.45, 7) is 3.83. The van der Waals surface area contributed by atoms with Crippen LogP contribution in [0.5, 0.6) is 5.75 Å². The molecule has 2 aromatic carbocycles. The molecular weight excluding hydrogens is 314 g/mol. The maximum Gasteiger partial charge on any atom is 0.307 e. The number of rotatable bonds is 7. The fraction of sp³-hybridized carbons (Fsp3) is 0.381. The van der Waals surface area contributed by atoms with Gasteiger partial charge in [-0.05, 0) is 49.6 Å². The molecule has 0 bridgehead atoms. The summed E-state index contributed by atoms with van der Waals surface area (Å²) in [5.74, 6) is 0.746. The van der Waals surface area contributed by atoms with Crippen molar-refractivity contribution in [1.82, 2.24) is 0 Å². The summed E-state index contributed by atoms with van der Waals surface area (Å²) in [6.07, 6.45) is 2.60. The van der Waals surface area contributed by atoms with Crippen molar-refractivity contribution in [3.63, 3.8) is 0 Å². The van der Waals surface area contributed by atoms with Crippen molar-refractivity contribution in [2.75, 3.05) is 18.1 Å². The molecule has 1 fully saturated rings. The lowest BCUT2D eigenvalue weighted by atomic mass is 10.1. The monoisotopic (exact) mass is 339 g/mol. The molecule has 4 nitrogen and oxygen atoms in total. The van der Waals surface area contributed by atoms with Gasteiger partial charge in [-0.15, -0.1) is 0 Å². The Bertz CT molecular complexity index is 669. The first-order valence-corrected chi connectivity index (χ1v) is 8.95. The van der Waals surface area contributed by atoms with Gasteiger partial charge in [-0.25, -0.2) is 0 Å². The third kappa shape index (κ3) is 4.75. The molecule has 4 heteroatoms. The molecule has 0 aliphatic carbocycles. The lowest BCUT2D eigenvalue weighted by Crippen LogP contribution is -2.31. The molecule has 0 saturated carbocycles. The van der Waals surface area contributed by atoms with Crippen LogP contribution in [0, 0.1) is 0 Å². The van der Waals surface area contributed by atoms with E-state index >= 15 is 0 Å². The molecular formula is C21H25NO3. The minimum atomic E-state index is -0.109. The number of carbonyl (C=O) groups is 1. The van der Waals surface area contributed by atoms with Crippen LogP contribution in [0.4, 0.5) is 5.69 Å². The number of carbonyl (C=O) groups excluding carboxylic acids is 1. The average molecular weight is 339 g/mol. The third-order valence-electron chi connectivity index (χ3n) is 4.50. The van der Waals surface area contributed by atoms with Crippen LogP contribution in [-0.4, -0.2) is 25.2 Å². The predicted octanol–water partition coefficient (Wildman–Crippen LogP) is 4.19. The highest BCUT2D eigenvalue weighted by Crippen LogP contribution is 2.29. The molecule has 0 amide bonds. The summed E-state index contributed by atoms with van der Waals surface area (Å²) in [5.41, 5.74) is 2.29. The molecule has 2 aromatic rings. The first-order chi connectivity index (χ1) is 12.3. The Morgan fingerprint density at radius 3 is 2.60 bits per heavy atom.